The monoisotopic (exact) mass is 231 g/mol. The molecule has 0 unspecified atom stereocenters. The third-order valence-electron chi connectivity index (χ3n) is 2.64. The Morgan fingerprint density at radius 1 is 1.41 bits per heavy atom. The number of aromatic nitrogens is 4. The molecular weight excluding hydrogens is 214 g/mol. The molecule has 0 atom stereocenters. The lowest BCUT2D eigenvalue weighted by Gasteiger charge is -2.04. The normalized spacial score (nSPS) is 10.7. The largest absolute Gasteiger partial charge is 0.313 e. The molecule has 0 amide bonds. The van der Waals surface area contributed by atoms with Gasteiger partial charge in [-0.15, -0.1) is 0 Å². The van der Waals surface area contributed by atoms with Crippen LogP contribution >= 0.6 is 0 Å². The van der Waals surface area contributed by atoms with Crippen LogP contribution in [0.25, 0.3) is 5.82 Å². The molecule has 17 heavy (non-hydrogen) atoms. The van der Waals surface area contributed by atoms with Crippen molar-refractivity contribution >= 4 is 0 Å². The van der Waals surface area contributed by atoms with Crippen LogP contribution in [0.5, 0.6) is 0 Å². The van der Waals surface area contributed by atoms with E-state index in [4.69, 9.17) is 0 Å². The highest BCUT2D eigenvalue weighted by atomic mass is 15.3. The maximum Gasteiger partial charge on any atom is 0.156 e. The van der Waals surface area contributed by atoms with E-state index < -0.39 is 0 Å². The van der Waals surface area contributed by atoms with E-state index in [-0.39, 0.29) is 0 Å². The molecule has 2 aromatic heterocycles. The fraction of sp³-hybridized carbons (Fsp3) is 0.417. The van der Waals surface area contributed by atoms with Gasteiger partial charge < -0.3 is 5.32 Å². The standard InChI is InChI=1S/C12H17N5/c1-3-5-13-7-11-8-16-17(10(11)2)12-4-6-14-9-15-12/h4,6,8-9,13H,3,5,7H2,1-2H3. The summed E-state index contributed by atoms with van der Waals surface area (Å²) < 4.78 is 1.84. The zero-order valence-electron chi connectivity index (χ0n) is 10.2. The lowest BCUT2D eigenvalue weighted by molar-refractivity contribution is 0.672. The highest BCUT2D eigenvalue weighted by Gasteiger charge is 2.07. The molecule has 0 radical (unpaired) electrons. The summed E-state index contributed by atoms with van der Waals surface area (Å²) in [4.78, 5) is 8.09. The van der Waals surface area contributed by atoms with Crippen molar-refractivity contribution in [3.63, 3.8) is 0 Å². The Hall–Kier alpha value is -1.75. The van der Waals surface area contributed by atoms with E-state index >= 15 is 0 Å². The first-order valence-corrected chi connectivity index (χ1v) is 5.83. The van der Waals surface area contributed by atoms with Gasteiger partial charge in [-0.05, 0) is 19.9 Å². The average molecular weight is 231 g/mol. The Morgan fingerprint density at radius 3 is 3.00 bits per heavy atom. The number of nitrogens with one attached hydrogen (secondary N) is 1. The van der Waals surface area contributed by atoms with Gasteiger partial charge in [0.1, 0.15) is 6.33 Å². The Morgan fingerprint density at radius 2 is 2.29 bits per heavy atom. The van der Waals surface area contributed by atoms with Gasteiger partial charge in [0, 0.05) is 30.1 Å². The molecule has 2 aromatic rings. The molecule has 0 aliphatic carbocycles. The molecule has 90 valence electrons. The summed E-state index contributed by atoms with van der Waals surface area (Å²) >= 11 is 0. The molecule has 1 N–H and O–H groups in total. The highest BCUT2D eigenvalue weighted by molar-refractivity contribution is 5.26. The van der Waals surface area contributed by atoms with Crippen LogP contribution in [0.4, 0.5) is 0 Å². The SMILES string of the molecule is CCCNCc1cnn(-c2ccncn2)c1C. The third kappa shape index (κ3) is 2.68. The van der Waals surface area contributed by atoms with Gasteiger partial charge in [0.05, 0.1) is 6.20 Å². The molecule has 2 rings (SSSR count). The smallest absolute Gasteiger partial charge is 0.156 e. The maximum atomic E-state index is 4.35. The minimum absolute atomic E-state index is 0.805. The van der Waals surface area contributed by atoms with E-state index in [9.17, 15) is 0 Å². The second-order valence-electron chi connectivity index (χ2n) is 3.91. The first kappa shape index (κ1) is 11.7. The quantitative estimate of drug-likeness (QED) is 0.792. The maximum absolute atomic E-state index is 4.35. The molecule has 0 aliphatic rings. The zero-order valence-corrected chi connectivity index (χ0v) is 10.2. The summed E-state index contributed by atoms with van der Waals surface area (Å²) in [6, 6.07) is 1.85. The fourth-order valence-corrected chi connectivity index (χ4v) is 1.66. The van der Waals surface area contributed by atoms with Crippen molar-refractivity contribution in [3.05, 3.63) is 36.0 Å². The summed E-state index contributed by atoms with van der Waals surface area (Å²) in [5, 5.41) is 7.72. The number of hydrogen-bond donors (Lipinski definition) is 1. The number of hydrogen-bond acceptors (Lipinski definition) is 4. The topological polar surface area (TPSA) is 55.6 Å². The first-order valence-electron chi connectivity index (χ1n) is 5.83. The van der Waals surface area contributed by atoms with Gasteiger partial charge in [0.25, 0.3) is 0 Å². The zero-order chi connectivity index (χ0) is 12.1. The molecule has 0 aromatic carbocycles. The lowest BCUT2D eigenvalue weighted by atomic mass is 10.2. The van der Waals surface area contributed by atoms with Crippen LogP contribution in [0, 0.1) is 6.92 Å². The van der Waals surface area contributed by atoms with Gasteiger partial charge in [-0.25, -0.2) is 14.6 Å². The van der Waals surface area contributed by atoms with Gasteiger partial charge in [0.2, 0.25) is 0 Å². The fourth-order valence-electron chi connectivity index (χ4n) is 1.66. The Labute approximate surface area is 101 Å². The summed E-state index contributed by atoms with van der Waals surface area (Å²) in [7, 11) is 0. The first-order chi connectivity index (χ1) is 8.33. The predicted octanol–water partition coefficient (Wildman–Crippen LogP) is 1.47. The Balaban J connectivity index is 2.15. The van der Waals surface area contributed by atoms with Gasteiger partial charge in [-0.3, -0.25) is 0 Å². The van der Waals surface area contributed by atoms with Crippen LogP contribution < -0.4 is 5.32 Å². The van der Waals surface area contributed by atoms with E-state index in [0.717, 1.165) is 31.0 Å². The second-order valence-corrected chi connectivity index (χ2v) is 3.91. The van der Waals surface area contributed by atoms with Gasteiger partial charge in [-0.1, -0.05) is 6.92 Å². The lowest BCUT2D eigenvalue weighted by Crippen LogP contribution is -2.14. The molecule has 0 fully saturated rings. The van der Waals surface area contributed by atoms with E-state index in [1.54, 1.807) is 6.20 Å². The van der Waals surface area contributed by atoms with Gasteiger partial charge in [0.15, 0.2) is 5.82 Å². The van der Waals surface area contributed by atoms with Crippen LogP contribution in [-0.2, 0) is 6.54 Å². The van der Waals surface area contributed by atoms with Crippen LogP contribution in [0.1, 0.15) is 24.6 Å². The second kappa shape index (κ2) is 5.54. The van der Waals surface area contributed by atoms with Crippen molar-refractivity contribution in [3.8, 4) is 5.82 Å². The number of rotatable bonds is 5. The summed E-state index contributed by atoms with van der Waals surface area (Å²) in [6.07, 6.45) is 6.28. The highest BCUT2D eigenvalue weighted by Crippen LogP contribution is 2.11. The molecule has 5 heteroatoms. The Kier molecular flexibility index (Phi) is 3.82. The Bertz CT molecular complexity index is 463. The van der Waals surface area contributed by atoms with Gasteiger partial charge >= 0.3 is 0 Å². The molecule has 5 nitrogen and oxygen atoms in total. The van der Waals surface area contributed by atoms with E-state index in [0.29, 0.717) is 0 Å². The minimum atomic E-state index is 0.805. The van der Waals surface area contributed by atoms with Crippen molar-refractivity contribution in [2.24, 2.45) is 0 Å². The van der Waals surface area contributed by atoms with Crippen molar-refractivity contribution in [2.75, 3.05) is 6.54 Å². The van der Waals surface area contributed by atoms with Crippen LogP contribution in [-0.4, -0.2) is 26.3 Å². The van der Waals surface area contributed by atoms with Crippen molar-refractivity contribution in [1.29, 1.82) is 0 Å². The number of nitrogens with zero attached hydrogens (tertiary/aromatic N) is 4. The molecule has 2 heterocycles. The van der Waals surface area contributed by atoms with Crippen LogP contribution in [0.3, 0.4) is 0 Å². The third-order valence-corrected chi connectivity index (χ3v) is 2.64. The van der Waals surface area contributed by atoms with Crippen LogP contribution in [0.2, 0.25) is 0 Å². The average Bonchev–Trinajstić information content (AvgIpc) is 2.73. The molecule has 0 aliphatic heterocycles. The summed E-state index contributed by atoms with van der Waals surface area (Å²) in [6.45, 7) is 6.09. The predicted molar refractivity (Wildman–Crippen MR) is 65.9 cm³/mol. The molecule has 0 bridgehead atoms. The van der Waals surface area contributed by atoms with E-state index in [1.807, 2.05) is 16.9 Å². The molecule has 0 saturated carbocycles. The molecule has 0 saturated heterocycles. The minimum Gasteiger partial charge on any atom is -0.313 e. The van der Waals surface area contributed by atoms with Gasteiger partial charge in [-0.2, -0.15) is 5.10 Å². The van der Waals surface area contributed by atoms with E-state index in [2.05, 4.69) is 34.2 Å². The molecule has 0 spiro atoms. The van der Waals surface area contributed by atoms with Crippen molar-refractivity contribution in [2.45, 2.75) is 26.8 Å². The van der Waals surface area contributed by atoms with E-state index in [1.165, 1.54) is 11.9 Å². The summed E-state index contributed by atoms with van der Waals surface area (Å²) in [5.74, 6) is 0.805. The van der Waals surface area contributed by atoms with Crippen LogP contribution in [0.15, 0.2) is 24.8 Å². The van der Waals surface area contributed by atoms with Crippen molar-refractivity contribution < 1.29 is 0 Å². The summed E-state index contributed by atoms with van der Waals surface area (Å²) in [5.41, 5.74) is 2.32. The molecular formula is C12H17N5. The van der Waals surface area contributed by atoms with Crippen molar-refractivity contribution in [1.82, 2.24) is 25.1 Å².